The van der Waals surface area contributed by atoms with E-state index in [1.807, 2.05) is 32.0 Å². The van der Waals surface area contributed by atoms with E-state index in [4.69, 9.17) is 0 Å². The van der Waals surface area contributed by atoms with Gasteiger partial charge in [-0.15, -0.1) is 0 Å². The molecule has 1 amide bonds. The van der Waals surface area contributed by atoms with Gasteiger partial charge in [0.05, 0.1) is 22.4 Å². The Balaban J connectivity index is 1.32. The van der Waals surface area contributed by atoms with Gasteiger partial charge >= 0.3 is 0 Å². The maximum absolute atomic E-state index is 13.2. The van der Waals surface area contributed by atoms with E-state index in [0.29, 0.717) is 5.41 Å². The largest absolute Gasteiger partial charge is 0.338 e. The lowest BCUT2D eigenvalue weighted by Gasteiger charge is -2.40. The van der Waals surface area contributed by atoms with Gasteiger partial charge in [-0.3, -0.25) is 4.79 Å². The molecule has 1 aliphatic carbocycles. The Morgan fingerprint density at radius 3 is 2.64 bits per heavy atom. The predicted octanol–water partition coefficient (Wildman–Crippen LogP) is 3.58. The maximum atomic E-state index is 13.2. The molecule has 1 aromatic carbocycles. The van der Waals surface area contributed by atoms with Gasteiger partial charge < -0.3 is 9.80 Å². The molecule has 1 atom stereocenters. The van der Waals surface area contributed by atoms with Crippen molar-refractivity contribution >= 4 is 16.9 Å². The number of hydrogen-bond donors (Lipinski definition) is 0. The second-order valence-corrected chi connectivity index (χ2v) is 9.36. The smallest absolute Gasteiger partial charge is 0.253 e. The summed E-state index contributed by atoms with van der Waals surface area (Å²) in [6, 6.07) is 5.77. The van der Waals surface area contributed by atoms with E-state index < -0.39 is 0 Å². The third-order valence-corrected chi connectivity index (χ3v) is 7.00. The zero-order chi connectivity index (χ0) is 19.3. The molecular formula is C23H30N4O. The zero-order valence-corrected chi connectivity index (χ0v) is 17.1. The van der Waals surface area contributed by atoms with Crippen LogP contribution in [0, 0.1) is 25.2 Å². The Morgan fingerprint density at radius 2 is 1.86 bits per heavy atom. The number of amides is 1. The highest BCUT2D eigenvalue weighted by molar-refractivity contribution is 5.97. The van der Waals surface area contributed by atoms with Gasteiger partial charge in [-0.05, 0) is 76.6 Å². The Labute approximate surface area is 167 Å². The summed E-state index contributed by atoms with van der Waals surface area (Å²) in [5, 5.41) is 0. The number of nitrogens with zero attached hydrogens (tertiary/aromatic N) is 4. The van der Waals surface area contributed by atoms with Gasteiger partial charge in [0.2, 0.25) is 0 Å². The standard InChI is InChI=1S/C23H30N4O/c1-16-17(2)25-21-12-19(6-7-20(21)24-16)22(28)27-11-9-23(15-27)8-3-10-26(14-23)13-18-4-5-18/h6-7,12,18H,3-5,8-11,13-15H2,1-2H3. The number of hydrogen-bond acceptors (Lipinski definition) is 4. The lowest BCUT2D eigenvalue weighted by molar-refractivity contribution is 0.0681. The van der Waals surface area contributed by atoms with Crippen molar-refractivity contribution in [3.63, 3.8) is 0 Å². The minimum Gasteiger partial charge on any atom is -0.338 e. The van der Waals surface area contributed by atoms with E-state index in [-0.39, 0.29) is 5.91 Å². The third-order valence-electron chi connectivity index (χ3n) is 7.00. The van der Waals surface area contributed by atoms with E-state index in [2.05, 4.69) is 19.8 Å². The number of fused-ring (bicyclic) bond motifs is 1. The van der Waals surface area contributed by atoms with Crippen molar-refractivity contribution in [2.24, 2.45) is 11.3 Å². The van der Waals surface area contributed by atoms with Gasteiger partial charge in [0.1, 0.15) is 0 Å². The van der Waals surface area contributed by atoms with Gasteiger partial charge in [0, 0.05) is 37.2 Å². The summed E-state index contributed by atoms with van der Waals surface area (Å²) in [6.45, 7) is 9.43. The molecule has 2 saturated heterocycles. The van der Waals surface area contributed by atoms with Crippen LogP contribution in [-0.2, 0) is 0 Å². The molecule has 0 bridgehead atoms. The van der Waals surface area contributed by atoms with Crippen LogP contribution in [0.25, 0.3) is 11.0 Å². The maximum Gasteiger partial charge on any atom is 0.253 e. The minimum absolute atomic E-state index is 0.151. The SMILES string of the molecule is Cc1nc2ccc(C(=O)N3CCC4(CCCN(CC5CC5)C4)C3)cc2nc1C. The summed E-state index contributed by atoms with van der Waals surface area (Å²) in [5.74, 6) is 1.10. The second kappa shape index (κ2) is 6.80. The topological polar surface area (TPSA) is 49.3 Å². The van der Waals surface area contributed by atoms with E-state index >= 15 is 0 Å². The lowest BCUT2D eigenvalue weighted by atomic mass is 9.79. The molecule has 148 valence electrons. The van der Waals surface area contributed by atoms with Gasteiger partial charge in [-0.2, -0.15) is 0 Å². The van der Waals surface area contributed by atoms with Crippen molar-refractivity contribution in [3.05, 3.63) is 35.2 Å². The fourth-order valence-electron chi connectivity index (χ4n) is 5.12. The van der Waals surface area contributed by atoms with Crippen molar-refractivity contribution in [1.29, 1.82) is 0 Å². The van der Waals surface area contributed by atoms with Crippen LogP contribution in [0.3, 0.4) is 0 Å². The number of carbonyl (C=O) groups is 1. The molecule has 5 rings (SSSR count). The van der Waals surface area contributed by atoms with Gasteiger partial charge in [0.25, 0.3) is 5.91 Å². The van der Waals surface area contributed by atoms with Crippen molar-refractivity contribution in [2.75, 3.05) is 32.7 Å². The van der Waals surface area contributed by atoms with E-state index in [1.54, 1.807) is 0 Å². The van der Waals surface area contributed by atoms with Crippen LogP contribution in [0.4, 0.5) is 0 Å². The molecule has 5 heteroatoms. The Bertz CT molecular complexity index is 922. The Kier molecular flexibility index (Phi) is 4.38. The lowest BCUT2D eigenvalue weighted by Crippen LogP contribution is -2.46. The average Bonchev–Trinajstić information content (AvgIpc) is 3.41. The molecule has 2 aliphatic heterocycles. The summed E-state index contributed by atoms with van der Waals surface area (Å²) in [5.41, 5.74) is 4.60. The average molecular weight is 379 g/mol. The summed E-state index contributed by atoms with van der Waals surface area (Å²) in [4.78, 5) is 27.2. The molecule has 0 radical (unpaired) electrons. The minimum atomic E-state index is 0.151. The predicted molar refractivity (Wildman–Crippen MR) is 110 cm³/mol. The molecule has 1 spiro atoms. The quantitative estimate of drug-likeness (QED) is 0.819. The van der Waals surface area contributed by atoms with Crippen LogP contribution in [0.1, 0.15) is 53.8 Å². The fourth-order valence-corrected chi connectivity index (χ4v) is 5.12. The van der Waals surface area contributed by atoms with E-state index in [0.717, 1.165) is 53.4 Å². The van der Waals surface area contributed by atoms with Crippen LogP contribution in [0.15, 0.2) is 18.2 Å². The second-order valence-electron chi connectivity index (χ2n) is 9.36. The fraction of sp³-hybridized carbons (Fsp3) is 0.609. The first kappa shape index (κ1) is 18.0. The molecule has 2 aromatic rings. The monoisotopic (exact) mass is 378 g/mol. The summed E-state index contributed by atoms with van der Waals surface area (Å²) in [7, 11) is 0. The van der Waals surface area contributed by atoms with Crippen molar-refractivity contribution in [3.8, 4) is 0 Å². The number of likely N-dealkylation sites (tertiary alicyclic amines) is 2. The molecule has 3 heterocycles. The third kappa shape index (κ3) is 3.41. The van der Waals surface area contributed by atoms with Gasteiger partial charge in [-0.25, -0.2) is 9.97 Å². The number of aromatic nitrogens is 2. The van der Waals surface area contributed by atoms with Gasteiger partial charge in [0.15, 0.2) is 0 Å². The molecule has 1 aromatic heterocycles. The molecule has 3 fully saturated rings. The number of aryl methyl sites for hydroxylation is 2. The van der Waals surface area contributed by atoms with Gasteiger partial charge in [-0.1, -0.05) is 0 Å². The molecule has 1 saturated carbocycles. The molecule has 1 unspecified atom stereocenters. The summed E-state index contributed by atoms with van der Waals surface area (Å²) < 4.78 is 0. The van der Waals surface area contributed by atoms with Crippen LogP contribution in [-0.4, -0.2) is 58.4 Å². The molecule has 5 nitrogen and oxygen atoms in total. The number of benzene rings is 1. The van der Waals surface area contributed by atoms with E-state index in [9.17, 15) is 4.79 Å². The van der Waals surface area contributed by atoms with Crippen LogP contribution in [0.5, 0.6) is 0 Å². The van der Waals surface area contributed by atoms with Crippen molar-refractivity contribution < 1.29 is 4.79 Å². The van der Waals surface area contributed by atoms with Crippen LogP contribution >= 0.6 is 0 Å². The highest BCUT2D eigenvalue weighted by Gasteiger charge is 2.43. The van der Waals surface area contributed by atoms with Crippen LogP contribution in [0.2, 0.25) is 0 Å². The molecule has 3 aliphatic rings. The zero-order valence-electron chi connectivity index (χ0n) is 17.1. The first-order chi connectivity index (χ1) is 13.5. The molecular weight excluding hydrogens is 348 g/mol. The first-order valence-corrected chi connectivity index (χ1v) is 10.8. The summed E-state index contributed by atoms with van der Waals surface area (Å²) >= 11 is 0. The highest BCUT2D eigenvalue weighted by Crippen LogP contribution is 2.41. The normalized spacial score (nSPS) is 25.7. The highest BCUT2D eigenvalue weighted by atomic mass is 16.2. The van der Waals surface area contributed by atoms with Crippen molar-refractivity contribution in [2.45, 2.75) is 46.0 Å². The Hall–Kier alpha value is -2.01. The Morgan fingerprint density at radius 1 is 1.07 bits per heavy atom. The van der Waals surface area contributed by atoms with Crippen LogP contribution < -0.4 is 0 Å². The molecule has 28 heavy (non-hydrogen) atoms. The summed E-state index contributed by atoms with van der Waals surface area (Å²) in [6.07, 6.45) is 6.51. The first-order valence-electron chi connectivity index (χ1n) is 10.8. The van der Waals surface area contributed by atoms with E-state index in [1.165, 1.54) is 45.3 Å². The molecule has 0 N–H and O–H groups in total. The number of rotatable bonds is 3. The number of carbonyl (C=O) groups excluding carboxylic acids is 1. The van der Waals surface area contributed by atoms with Crippen molar-refractivity contribution in [1.82, 2.24) is 19.8 Å². The number of piperidine rings is 1.